The summed E-state index contributed by atoms with van der Waals surface area (Å²) in [5, 5.41) is 8.19. The van der Waals surface area contributed by atoms with Crippen molar-refractivity contribution in [1.29, 1.82) is 0 Å². The Kier molecular flexibility index (Phi) is 6.52. The molecule has 0 bridgehead atoms. The van der Waals surface area contributed by atoms with Gasteiger partial charge in [0.2, 0.25) is 5.91 Å². The third-order valence-electron chi connectivity index (χ3n) is 2.53. The van der Waals surface area contributed by atoms with Gasteiger partial charge in [-0.1, -0.05) is 0 Å². The lowest BCUT2D eigenvalue weighted by Crippen LogP contribution is -2.31. The van der Waals surface area contributed by atoms with E-state index in [0.717, 1.165) is 13.0 Å². The minimum atomic E-state index is -0.226. The monoisotopic (exact) mass is 278 g/mol. The normalized spacial score (nSPS) is 10.2. The highest BCUT2D eigenvalue weighted by atomic mass is 16.2. The molecule has 1 rings (SSSR count). The summed E-state index contributed by atoms with van der Waals surface area (Å²) in [6.45, 7) is 3.02. The molecule has 20 heavy (non-hydrogen) atoms. The molecular weight excluding hydrogens is 256 g/mol. The van der Waals surface area contributed by atoms with Gasteiger partial charge in [-0.2, -0.15) is 0 Å². The molecular formula is C14H22N4O2. The Balaban J connectivity index is 2.33. The van der Waals surface area contributed by atoms with E-state index < -0.39 is 0 Å². The van der Waals surface area contributed by atoms with Crippen molar-refractivity contribution in [2.24, 2.45) is 0 Å². The lowest BCUT2D eigenvalue weighted by Gasteiger charge is -2.11. The zero-order chi connectivity index (χ0) is 15.0. The highest BCUT2D eigenvalue weighted by Gasteiger charge is 2.01. The number of benzene rings is 1. The minimum absolute atomic E-state index is 0.121. The van der Waals surface area contributed by atoms with Gasteiger partial charge in [0.05, 0.1) is 0 Å². The summed E-state index contributed by atoms with van der Waals surface area (Å²) in [5.41, 5.74) is 1.39. The molecule has 6 nitrogen and oxygen atoms in total. The largest absolute Gasteiger partial charge is 0.338 e. The first kappa shape index (κ1) is 16.0. The third-order valence-corrected chi connectivity index (χ3v) is 2.53. The maximum Gasteiger partial charge on any atom is 0.319 e. The number of amides is 3. The second-order valence-corrected chi connectivity index (χ2v) is 4.80. The van der Waals surface area contributed by atoms with Crippen molar-refractivity contribution in [3.63, 3.8) is 0 Å². The van der Waals surface area contributed by atoms with E-state index in [2.05, 4.69) is 20.9 Å². The molecule has 0 aliphatic rings. The van der Waals surface area contributed by atoms with Crippen LogP contribution in [0.3, 0.4) is 0 Å². The number of carbonyl (C=O) groups excluding carboxylic acids is 2. The summed E-state index contributed by atoms with van der Waals surface area (Å²) in [4.78, 5) is 24.6. The Morgan fingerprint density at radius 2 is 1.60 bits per heavy atom. The zero-order valence-electron chi connectivity index (χ0n) is 12.2. The Morgan fingerprint density at radius 1 is 1.05 bits per heavy atom. The molecule has 0 aromatic heterocycles. The second kappa shape index (κ2) is 8.16. The van der Waals surface area contributed by atoms with Crippen molar-refractivity contribution in [1.82, 2.24) is 10.2 Å². The van der Waals surface area contributed by atoms with Crippen LogP contribution in [0.2, 0.25) is 0 Å². The summed E-state index contributed by atoms with van der Waals surface area (Å²) in [6, 6.07) is 6.73. The van der Waals surface area contributed by atoms with Gasteiger partial charge in [-0.3, -0.25) is 4.79 Å². The van der Waals surface area contributed by atoms with E-state index in [9.17, 15) is 9.59 Å². The molecule has 0 aliphatic heterocycles. The molecule has 0 aliphatic carbocycles. The summed E-state index contributed by atoms with van der Waals surface area (Å²) >= 11 is 0. The van der Waals surface area contributed by atoms with E-state index in [-0.39, 0.29) is 11.9 Å². The molecule has 0 unspecified atom stereocenters. The van der Waals surface area contributed by atoms with Crippen LogP contribution in [0.5, 0.6) is 0 Å². The van der Waals surface area contributed by atoms with Gasteiger partial charge in [0.15, 0.2) is 0 Å². The first-order valence-electron chi connectivity index (χ1n) is 6.54. The Labute approximate surface area is 119 Å². The van der Waals surface area contributed by atoms with Crippen LogP contribution in [0.15, 0.2) is 24.3 Å². The summed E-state index contributed by atoms with van der Waals surface area (Å²) in [7, 11) is 3.99. The van der Waals surface area contributed by atoms with Crippen LogP contribution in [0.1, 0.15) is 13.3 Å². The van der Waals surface area contributed by atoms with Crippen molar-refractivity contribution < 1.29 is 9.59 Å². The SMILES string of the molecule is CC(=O)Nc1ccc(NC(=O)NCCCN(C)C)cc1. The van der Waals surface area contributed by atoms with Crippen LogP contribution >= 0.6 is 0 Å². The zero-order valence-corrected chi connectivity index (χ0v) is 12.2. The van der Waals surface area contributed by atoms with Gasteiger partial charge in [-0.05, 0) is 51.3 Å². The van der Waals surface area contributed by atoms with E-state index in [0.29, 0.717) is 17.9 Å². The van der Waals surface area contributed by atoms with E-state index in [4.69, 9.17) is 0 Å². The predicted octanol–water partition coefficient (Wildman–Crippen LogP) is 1.72. The molecule has 0 radical (unpaired) electrons. The lowest BCUT2D eigenvalue weighted by molar-refractivity contribution is -0.114. The maximum atomic E-state index is 11.6. The van der Waals surface area contributed by atoms with E-state index in [1.54, 1.807) is 24.3 Å². The van der Waals surface area contributed by atoms with Gasteiger partial charge in [0.1, 0.15) is 0 Å². The van der Waals surface area contributed by atoms with Crippen molar-refractivity contribution in [2.75, 3.05) is 37.8 Å². The topological polar surface area (TPSA) is 73.5 Å². The second-order valence-electron chi connectivity index (χ2n) is 4.80. The van der Waals surface area contributed by atoms with Crippen molar-refractivity contribution in [3.8, 4) is 0 Å². The fraction of sp³-hybridized carbons (Fsp3) is 0.429. The molecule has 0 heterocycles. The molecule has 3 amide bonds. The van der Waals surface area contributed by atoms with E-state index in [1.807, 2.05) is 14.1 Å². The van der Waals surface area contributed by atoms with Crippen LogP contribution in [-0.2, 0) is 4.79 Å². The van der Waals surface area contributed by atoms with Gasteiger partial charge >= 0.3 is 6.03 Å². The van der Waals surface area contributed by atoms with Gasteiger partial charge in [-0.25, -0.2) is 4.79 Å². The summed E-state index contributed by atoms with van der Waals surface area (Å²) in [5.74, 6) is -0.121. The first-order valence-corrected chi connectivity index (χ1v) is 6.54. The quantitative estimate of drug-likeness (QED) is 0.694. The number of hydrogen-bond acceptors (Lipinski definition) is 3. The van der Waals surface area contributed by atoms with Gasteiger partial charge in [-0.15, -0.1) is 0 Å². The highest BCUT2D eigenvalue weighted by Crippen LogP contribution is 2.13. The van der Waals surface area contributed by atoms with Crippen molar-refractivity contribution in [2.45, 2.75) is 13.3 Å². The van der Waals surface area contributed by atoms with Crippen molar-refractivity contribution >= 4 is 23.3 Å². The molecule has 0 atom stereocenters. The Morgan fingerprint density at radius 3 is 2.10 bits per heavy atom. The number of carbonyl (C=O) groups is 2. The van der Waals surface area contributed by atoms with E-state index in [1.165, 1.54) is 6.92 Å². The molecule has 1 aromatic rings. The van der Waals surface area contributed by atoms with Crippen LogP contribution in [-0.4, -0.2) is 44.0 Å². The summed E-state index contributed by atoms with van der Waals surface area (Å²) < 4.78 is 0. The summed E-state index contributed by atoms with van der Waals surface area (Å²) in [6.07, 6.45) is 0.905. The Bertz CT molecular complexity index is 443. The maximum absolute atomic E-state index is 11.6. The van der Waals surface area contributed by atoms with Gasteiger partial charge in [0.25, 0.3) is 0 Å². The van der Waals surface area contributed by atoms with Crippen molar-refractivity contribution in [3.05, 3.63) is 24.3 Å². The number of nitrogens with zero attached hydrogens (tertiary/aromatic N) is 1. The number of rotatable bonds is 6. The number of nitrogens with one attached hydrogen (secondary N) is 3. The molecule has 1 aromatic carbocycles. The standard InChI is InChI=1S/C14H22N4O2/c1-11(19)16-12-5-7-13(8-6-12)17-14(20)15-9-4-10-18(2)3/h5-8H,4,9-10H2,1-3H3,(H,16,19)(H2,15,17,20). The molecule has 0 fully saturated rings. The molecule has 0 saturated carbocycles. The fourth-order valence-electron chi connectivity index (χ4n) is 1.61. The van der Waals surface area contributed by atoms with Gasteiger partial charge < -0.3 is 20.9 Å². The van der Waals surface area contributed by atoms with Crippen LogP contribution in [0.25, 0.3) is 0 Å². The number of anilines is 2. The molecule has 110 valence electrons. The number of hydrogen-bond donors (Lipinski definition) is 3. The van der Waals surface area contributed by atoms with E-state index >= 15 is 0 Å². The average Bonchev–Trinajstić information content (AvgIpc) is 2.36. The minimum Gasteiger partial charge on any atom is -0.338 e. The van der Waals surface area contributed by atoms with Crippen LogP contribution < -0.4 is 16.0 Å². The first-order chi connectivity index (χ1) is 9.47. The highest BCUT2D eigenvalue weighted by molar-refractivity contribution is 5.91. The molecule has 6 heteroatoms. The third kappa shape index (κ3) is 6.75. The lowest BCUT2D eigenvalue weighted by atomic mass is 10.3. The fourth-order valence-corrected chi connectivity index (χ4v) is 1.61. The smallest absolute Gasteiger partial charge is 0.319 e. The average molecular weight is 278 g/mol. The predicted molar refractivity (Wildman–Crippen MR) is 80.9 cm³/mol. The Hall–Kier alpha value is -2.08. The molecule has 0 spiro atoms. The molecule has 3 N–H and O–H groups in total. The van der Waals surface area contributed by atoms with Gasteiger partial charge in [0, 0.05) is 24.8 Å². The number of urea groups is 1. The van der Waals surface area contributed by atoms with Crippen LogP contribution in [0.4, 0.5) is 16.2 Å². The van der Waals surface area contributed by atoms with Crippen LogP contribution in [0, 0.1) is 0 Å². The molecule has 0 saturated heterocycles.